The summed E-state index contributed by atoms with van der Waals surface area (Å²) in [6, 6.07) is 5.57. The number of alkyl halides is 1. The van der Waals surface area contributed by atoms with E-state index in [9.17, 15) is 12.8 Å². The molecule has 5 nitrogen and oxygen atoms in total. The molecule has 8 heteroatoms. The van der Waals surface area contributed by atoms with Crippen molar-refractivity contribution in [3.05, 3.63) is 41.3 Å². The molecule has 1 heterocycles. The second-order valence-electron chi connectivity index (χ2n) is 5.30. The van der Waals surface area contributed by atoms with Gasteiger partial charge in [0, 0.05) is 16.5 Å². The SMILES string of the molecule is CC(C)c1nc(OS(C)(=O)=O)nc(-c2ccc(F)cc2)c1CBr. The topological polar surface area (TPSA) is 69.2 Å². The van der Waals surface area contributed by atoms with E-state index in [1.54, 1.807) is 12.1 Å². The molecule has 2 aromatic rings. The number of nitrogens with zero attached hydrogens (tertiary/aromatic N) is 2. The predicted molar refractivity (Wildman–Crippen MR) is 89.6 cm³/mol. The minimum absolute atomic E-state index is 0.0339. The Balaban J connectivity index is 2.68. The molecule has 0 saturated heterocycles. The lowest BCUT2D eigenvalue weighted by Gasteiger charge is -2.15. The second kappa shape index (κ2) is 6.92. The summed E-state index contributed by atoms with van der Waals surface area (Å²) in [5, 5.41) is 0.479. The molecule has 0 saturated carbocycles. The van der Waals surface area contributed by atoms with Crippen molar-refractivity contribution in [1.82, 2.24) is 9.97 Å². The van der Waals surface area contributed by atoms with Crippen LogP contribution in [0.15, 0.2) is 24.3 Å². The minimum atomic E-state index is -3.74. The molecule has 0 fully saturated rings. The van der Waals surface area contributed by atoms with Gasteiger partial charge in [0.25, 0.3) is 0 Å². The second-order valence-corrected chi connectivity index (χ2v) is 7.44. The molecular formula is C15H16BrFN2O3S. The van der Waals surface area contributed by atoms with Crippen LogP contribution < -0.4 is 4.18 Å². The highest BCUT2D eigenvalue weighted by atomic mass is 79.9. The molecule has 0 spiro atoms. The van der Waals surface area contributed by atoms with Crippen LogP contribution in [0.5, 0.6) is 6.01 Å². The fourth-order valence-corrected chi connectivity index (χ4v) is 3.01. The third kappa shape index (κ3) is 4.48. The van der Waals surface area contributed by atoms with Gasteiger partial charge in [0.1, 0.15) is 5.82 Å². The normalized spacial score (nSPS) is 11.7. The van der Waals surface area contributed by atoms with Crippen molar-refractivity contribution in [2.45, 2.75) is 25.1 Å². The van der Waals surface area contributed by atoms with Crippen LogP contribution >= 0.6 is 15.9 Å². The molecule has 0 N–H and O–H groups in total. The van der Waals surface area contributed by atoms with Gasteiger partial charge in [0.05, 0.1) is 17.6 Å². The van der Waals surface area contributed by atoms with Crippen LogP contribution in [0, 0.1) is 5.82 Å². The quantitative estimate of drug-likeness (QED) is 0.563. The Kier molecular flexibility index (Phi) is 5.36. The van der Waals surface area contributed by atoms with E-state index in [1.165, 1.54) is 12.1 Å². The average molecular weight is 403 g/mol. The Bertz CT molecular complexity index is 808. The summed E-state index contributed by atoms with van der Waals surface area (Å²) in [5.74, 6) is -0.327. The fourth-order valence-electron chi connectivity index (χ4n) is 2.11. The first-order chi connectivity index (χ1) is 10.7. The van der Waals surface area contributed by atoms with E-state index in [-0.39, 0.29) is 17.7 Å². The van der Waals surface area contributed by atoms with Gasteiger partial charge in [-0.25, -0.2) is 4.39 Å². The Morgan fingerprint density at radius 2 is 1.83 bits per heavy atom. The number of hydrogen-bond donors (Lipinski definition) is 0. The van der Waals surface area contributed by atoms with Crippen LogP contribution in [0.1, 0.15) is 31.0 Å². The van der Waals surface area contributed by atoms with Gasteiger partial charge in [0.15, 0.2) is 0 Å². The lowest BCUT2D eigenvalue weighted by atomic mass is 10.00. The van der Waals surface area contributed by atoms with Crippen molar-refractivity contribution < 1.29 is 17.0 Å². The summed E-state index contributed by atoms with van der Waals surface area (Å²) in [5.41, 5.74) is 2.66. The highest BCUT2D eigenvalue weighted by Crippen LogP contribution is 2.31. The summed E-state index contributed by atoms with van der Waals surface area (Å²) in [6.07, 6.45) is 0.932. The first-order valence-electron chi connectivity index (χ1n) is 6.83. The van der Waals surface area contributed by atoms with Gasteiger partial charge in [-0.2, -0.15) is 18.4 Å². The van der Waals surface area contributed by atoms with E-state index < -0.39 is 10.1 Å². The first-order valence-corrected chi connectivity index (χ1v) is 9.77. The van der Waals surface area contributed by atoms with Crippen LogP contribution in [0.2, 0.25) is 0 Å². The molecular weight excluding hydrogens is 387 g/mol. The Hall–Kier alpha value is -1.54. The smallest absolute Gasteiger partial charge is 0.333 e. The maximum atomic E-state index is 13.1. The highest BCUT2D eigenvalue weighted by Gasteiger charge is 2.20. The maximum Gasteiger partial charge on any atom is 0.333 e. The van der Waals surface area contributed by atoms with Crippen LogP contribution in [0.25, 0.3) is 11.3 Å². The van der Waals surface area contributed by atoms with Gasteiger partial charge in [-0.05, 0) is 30.2 Å². The minimum Gasteiger partial charge on any atom is -0.343 e. The van der Waals surface area contributed by atoms with Gasteiger partial charge >= 0.3 is 16.1 Å². The lowest BCUT2D eigenvalue weighted by molar-refractivity contribution is 0.467. The molecule has 0 radical (unpaired) electrons. The zero-order valence-electron chi connectivity index (χ0n) is 12.9. The van der Waals surface area contributed by atoms with E-state index in [0.29, 0.717) is 22.3 Å². The van der Waals surface area contributed by atoms with Gasteiger partial charge < -0.3 is 4.18 Å². The summed E-state index contributed by atoms with van der Waals surface area (Å²) in [7, 11) is -3.74. The van der Waals surface area contributed by atoms with E-state index in [2.05, 4.69) is 25.9 Å². The summed E-state index contributed by atoms with van der Waals surface area (Å²) >= 11 is 3.41. The van der Waals surface area contributed by atoms with Crippen LogP contribution in [0.4, 0.5) is 4.39 Å². The molecule has 23 heavy (non-hydrogen) atoms. The number of halogens is 2. The van der Waals surface area contributed by atoms with Crippen LogP contribution in [-0.4, -0.2) is 24.6 Å². The molecule has 0 bridgehead atoms. The Labute approximate surface area is 143 Å². The number of aromatic nitrogens is 2. The molecule has 1 aromatic carbocycles. The standard InChI is InChI=1S/C15H16BrFN2O3S/c1-9(2)13-12(8-16)14(10-4-6-11(17)7-5-10)19-15(18-13)22-23(3,20)21/h4-7,9H,8H2,1-3H3. The predicted octanol–water partition coefficient (Wildman–Crippen LogP) is 3.64. The average Bonchev–Trinajstić information content (AvgIpc) is 2.45. The Morgan fingerprint density at radius 1 is 1.22 bits per heavy atom. The zero-order chi connectivity index (χ0) is 17.2. The molecule has 2 rings (SSSR count). The summed E-state index contributed by atoms with van der Waals surface area (Å²) in [6.45, 7) is 3.88. The molecule has 0 atom stereocenters. The first kappa shape index (κ1) is 17.8. The van der Waals surface area contributed by atoms with Gasteiger partial charge in [-0.1, -0.05) is 29.8 Å². The summed E-state index contributed by atoms with van der Waals surface area (Å²) in [4.78, 5) is 8.42. The monoisotopic (exact) mass is 402 g/mol. The molecule has 0 aliphatic heterocycles. The van der Waals surface area contributed by atoms with Gasteiger partial charge in [0.2, 0.25) is 0 Å². The van der Waals surface area contributed by atoms with E-state index >= 15 is 0 Å². The van der Waals surface area contributed by atoms with Crippen molar-refractivity contribution in [3.63, 3.8) is 0 Å². The molecule has 0 aliphatic carbocycles. The number of rotatable bonds is 5. The molecule has 0 amide bonds. The van der Waals surface area contributed by atoms with Gasteiger partial charge in [-0.15, -0.1) is 0 Å². The maximum absolute atomic E-state index is 13.1. The largest absolute Gasteiger partial charge is 0.343 e. The molecule has 0 unspecified atom stereocenters. The third-order valence-corrected chi connectivity index (χ3v) is 4.06. The van der Waals surface area contributed by atoms with Crippen molar-refractivity contribution in [2.24, 2.45) is 0 Å². The van der Waals surface area contributed by atoms with Crippen LogP contribution in [0.3, 0.4) is 0 Å². The zero-order valence-corrected chi connectivity index (χ0v) is 15.3. The van der Waals surface area contributed by atoms with Crippen molar-refractivity contribution >= 4 is 26.0 Å². The molecule has 0 aliphatic rings. The number of hydrogen-bond acceptors (Lipinski definition) is 5. The van der Waals surface area contributed by atoms with E-state index in [0.717, 1.165) is 11.8 Å². The third-order valence-electron chi connectivity index (χ3n) is 3.04. The lowest BCUT2D eigenvalue weighted by Crippen LogP contribution is -2.12. The van der Waals surface area contributed by atoms with Crippen molar-refractivity contribution in [2.75, 3.05) is 6.26 Å². The van der Waals surface area contributed by atoms with E-state index in [1.807, 2.05) is 13.8 Å². The number of benzene rings is 1. The van der Waals surface area contributed by atoms with Crippen LogP contribution in [-0.2, 0) is 15.4 Å². The Morgan fingerprint density at radius 3 is 2.30 bits per heavy atom. The summed E-state index contributed by atoms with van der Waals surface area (Å²) < 4.78 is 40.7. The fraction of sp³-hybridized carbons (Fsp3) is 0.333. The molecule has 1 aromatic heterocycles. The van der Waals surface area contributed by atoms with Crippen molar-refractivity contribution in [3.8, 4) is 17.3 Å². The van der Waals surface area contributed by atoms with Gasteiger partial charge in [-0.3, -0.25) is 0 Å². The van der Waals surface area contributed by atoms with E-state index in [4.69, 9.17) is 4.18 Å². The van der Waals surface area contributed by atoms with Crippen molar-refractivity contribution in [1.29, 1.82) is 0 Å². The highest BCUT2D eigenvalue weighted by molar-refractivity contribution is 9.08. The molecule has 124 valence electrons.